The van der Waals surface area contributed by atoms with Crippen molar-refractivity contribution >= 4 is 27.5 Å². The molecule has 0 saturated heterocycles. The van der Waals surface area contributed by atoms with Crippen LogP contribution in [-0.2, 0) is 32.6 Å². The zero-order valence-electron chi connectivity index (χ0n) is 21.6. The number of likely N-dealkylation sites (N-methyl/N-ethyl adjacent to an activating group) is 1. The van der Waals surface area contributed by atoms with Crippen LogP contribution in [0.15, 0.2) is 78.9 Å². The molecule has 1 N–H and O–H groups in total. The maximum Gasteiger partial charge on any atom is 0.244 e. The molecule has 0 aliphatic heterocycles. The van der Waals surface area contributed by atoms with E-state index in [9.17, 15) is 22.4 Å². The van der Waals surface area contributed by atoms with E-state index in [1.54, 1.807) is 31.2 Å². The highest BCUT2D eigenvalue weighted by atomic mass is 32.2. The summed E-state index contributed by atoms with van der Waals surface area (Å²) in [5.41, 5.74) is 1.25. The minimum absolute atomic E-state index is 0.000455. The molecule has 0 aromatic heterocycles. The standard InChI is InChI=1S/C28H32FN3O5S/c1-4-30-28(34)26(18-21-11-6-5-7-12-21)31(19-22-13-10-14-23(17-22)37-2)27(33)20-32(38(3,35)36)25-16-9-8-15-24(25)29/h5-17,26H,4,18-20H2,1-3H3,(H,30,34)/t26-/m1/s1. The molecule has 0 heterocycles. The van der Waals surface area contributed by atoms with Crippen LogP contribution in [0.25, 0.3) is 0 Å². The van der Waals surface area contributed by atoms with Crippen molar-refractivity contribution in [2.45, 2.75) is 25.9 Å². The van der Waals surface area contributed by atoms with Gasteiger partial charge in [-0.2, -0.15) is 0 Å². The summed E-state index contributed by atoms with van der Waals surface area (Å²) in [7, 11) is -2.52. The molecule has 3 aromatic rings. The van der Waals surface area contributed by atoms with Gasteiger partial charge in [-0.15, -0.1) is 0 Å². The Hall–Kier alpha value is -3.92. The number of carbonyl (C=O) groups is 2. The van der Waals surface area contributed by atoms with E-state index in [1.165, 1.54) is 30.2 Å². The highest BCUT2D eigenvalue weighted by molar-refractivity contribution is 7.92. The van der Waals surface area contributed by atoms with Gasteiger partial charge < -0.3 is 15.0 Å². The number of para-hydroxylation sites is 1. The number of benzene rings is 3. The Labute approximate surface area is 223 Å². The summed E-state index contributed by atoms with van der Waals surface area (Å²) in [6.45, 7) is 1.43. The first-order valence-electron chi connectivity index (χ1n) is 12.1. The number of nitrogens with zero attached hydrogens (tertiary/aromatic N) is 2. The second-order valence-electron chi connectivity index (χ2n) is 8.69. The van der Waals surface area contributed by atoms with Crippen molar-refractivity contribution in [3.63, 3.8) is 0 Å². The van der Waals surface area contributed by atoms with E-state index in [2.05, 4.69) is 5.32 Å². The lowest BCUT2D eigenvalue weighted by atomic mass is 10.0. The molecule has 1 atom stereocenters. The van der Waals surface area contributed by atoms with Crippen molar-refractivity contribution in [1.82, 2.24) is 10.2 Å². The average molecular weight is 542 g/mol. The van der Waals surface area contributed by atoms with Gasteiger partial charge in [0.1, 0.15) is 24.2 Å². The number of nitrogens with one attached hydrogen (secondary N) is 1. The molecule has 0 aliphatic rings. The van der Waals surface area contributed by atoms with E-state index in [1.807, 2.05) is 30.3 Å². The number of ether oxygens (including phenoxy) is 1. The molecule has 3 aromatic carbocycles. The summed E-state index contributed by atoms with van der Waals surface area (Å²) >= 11 is 0. The number of halogens is 1. The molecule has 0 fully saturated rings. The fourth-order valence-corrected chi connectivity index (χ4v) is 4.91. The van der Waals surface area contributed by atoms with Crippen LogP contribution in [0.4, 0.5) is 10.1 Å². The normalized spacial score (nSPS) is 11.9. The molecule has 0 saturated carbocycles. The minimum atomic E-state index is -4.04. The van der Waals surface area contributed by atoms with Gasteiger partial charge in [-0.3, -0.25) is 13.9 Å². The van der Waals surface area contributed by atoms with Gasteiger partial charge >= 0.3 is 0 Å². The molecule has 202 valence electrons. The molecule has 3 rings (SSSR count). The molecule has 0 radical (unpaired) electrons. The van der Waals surface area contributed by atoms with Gasteiger partial charge in [0.05, 0.1) is 19.1 Å². The Balaban J connectivity index is 2.06. The van der Waals surface area contributed by atoms with Gasteiger partial charge in [0.15, 0.2) is 0 Å². The van der Waals surface area contributed by atoms with E-state index in [4.69, 9.17) is 4.74 Å². The number of methoxy groups -OCH3 is 1. The summed E-state index contributed by atoms with van der Waals surface area (Å²) in [6, 6.07) is 20.6. The number of sulfonamides is 1. The molecule has 2 amide bonds. The highest BCUT2D eigenvalue weighted by Gasteiger charge is 2.33. The van der Waals surface area contributed by atoms with Crippen molar-refractivity contribution in [2.75, 3.05) is 30.8 Å². The van der Waals surface area contributed by atoms with Gasteiger partial charge in [0, 0.05) is 19.5 Å². The van der Waals surface area contributed by atoms with Crippen LogP contribution in [0, 0.1) is 5.82 Å². The summed E-state index contributed by atoms with van der Waals surface area (Å²) in [4.78, 5) is 28.5. The summed E-state index contributed by atoms with van der Waals surface area (Å²) in [5.74, 6) is -1.26. The van der Waals surface area contributed by atoms with Gasteiger partial charge in [0.25, 0.3) is 0 Å². The Kier molecular flexibility index (Phi) is 9.84. The smallest absolute Gasteiger partial charge is 0.244 e. The Morgan fingerprint density at radius 2 is 1.63 bits per heavy atom. The van der Waals surface area contributed by atoms with Crippen LogP contribution in [0.3, 0.4) is 0 Å². The van der Waals surface area contributed by atoms with Crippen LogP contribution >= 0.6 is 0 Å². The molecule has 0 spiro atoms. The lowest BCUT2D eigenvalue weighted by Gasteiger charge is -2.33. The molecular formula is C28H32FN3O5S. The number of hydrogen-bond donors (Lipinski definition) is 1. The van der Waals surface area contributed by atoms with E-state index < -0.39 is 34.3 Å². The Bertz CT molecular complexity index is 1350. The van der Waals surface area contributed by atoms with Crippen molar-refractivity contribution in [2.24, 2.45) is 0 Å². The van der Waals surface area contributed by atoms with Gasteiger partial charge in [0.2, 0.25) is 21.8 Å². The topological polar surface area (TPSA) is 96.0 Å². The average Bonchev–Trinajstić information content (AvgIpc) is 2.90. The van der Waals surface area contributed by atoms with Crippen LogP contribution in [0.2, 0.25) is 0 Å². The fraction of sp³-hybridized carbons (Fsp3) is 0.286. The van der Waals surface area contributed by atoms with E-state index in [-0.39, 0.29) is 24.6 Å². The summed E-state index contributed by atoms with van der Waals surface area (Å²) in [6.07, 6.45) is 1.10. The van der Waals surface area contributed by atoms with E-state index in [0.717, 1.165) is 22.2 Å². The van der Waals surface area contributed by atoms with Crippen molar-refractivity contribution in [3.8, 4) is 5.75 Å². The van der Waals surface area contributed by atoms with Crippen LogP contribution < -0.4 is 14.4 Å². The van der Waals surface area contributed by atoms with Crippen LogP contribution in [0.5, 0.6) is 5.75 Å². The maximum absolute atomic E-state index is 14.6. The van der Waals surface area contributed by atoms with E-state index in [0.29, 0.717) is 17.9 Å². The Morgan fingerprint density at radius 3 is 2.26 bits per heavy atom. The molecule has 10 heteroatoms. The van der Waals surface area contributed by atoms with Gasteiger partial charge in [-0.25, -0.2) is 12.8 Å². The third-order valence-corrected chi connectivity index (χ3v) is 7.04. The maximum atomic E-state index is 14.6. The Morgan fingerprint density at radius 1 is 0.974 bits per heavy atom. The zero-order valence-corrected chi connectivity index (χ0v) is 22.4. The van der Waals surface area contributed by atoms with Crippen molar-refractivity contribution in [3.05, 3.63) is 95.8 Å². The minimum Gasteiger partial charge on any atom is -0.497 e. The monoisotopic (exact) mass is 541 g/mol. The summed E-state index contributed by atoms with van der Waals surface area (Å²) in [5, 5.41) is 2.78. The van der Waals surface area contributed by atoms with Crippen molar-refractivity contribution < 1.29 is 27.1 Å². The SMILES string of the molecule is CCNC(=O)[C@@H](Cc1ccccc1)N(Cc1cccc(OC)c1)C(=O)CN(c1ccccc1F)S(C)(=O)=O. The summed E-state index contributed by atoms with van der Waals surface area (Å²) < 4.78 is 46.0. The van der Waals surface area contributed by atoms with Gasteiger partial charge in [-0.05, 0) is 42.3 Å². The fourth-order valence-electron chi connectivity index (χ4n) is 4.06. The molecule has 0 aliphatic carbocycles. The zero-order chi connectivity index (χ0) is 27.7. The first kappa shape index (κ1) is 28.6. The molecule has 0 bridgehead atoms. The first-order valence-corrected chi connectivity index (χ1v) is 13.9. The number of carbonyl (C=O) groups excluding carboxylic acids is 2. The quantitative estimate of drug-likeness (QED) is 0.379. The number of hydrogen-bond acceptors (Lipinski definition) is 5. The predicted molar refractivity (Wildman–Crippen MR) is 145 cm³/mol. The molecule has 8 nitrogen and oxygen atoms in total. The second kappa shape index (κ2) is 13.0. The number of rotatable bonds is 12. The lowest BCUT2D eigenvalue weighted by molar-refractivity contribution is -0.140. The number of amides is 2. The second-order valence-corrected chi connectivity index (χ2v) is 10.6. The number of anilines is 1. The first-order chi connectivity index (χ1) is 18.1. The van der Waals surface area contributed by atoms with E-state index >= 15 is 0 Å². The lowest BCUT2D eigenvalue weighted by Crippen LogP contribution is -2.53. The molecule has 38 heavy (non-hydrogen) atoms. The molecular weight excluding hydrogens is 509 g/mol. The molecule has 0 unspecified atom stereocenters. The third kappa shape index (κ3) is 7.55. The van der Waals surface area contributed by atoms with Crippen LogP contribution in [0.1, 0.15) is 18.1 Å². The highest BCUT2D eigenvalue weighted by Crippen LogP contribution is 2.23. The van der Waals surface area contributed by atoms with Crippen molar-refractivity contribution in [1.29, 1.82) is 0 Å². The van der Waals surface area contributed by atoms with Gasteiger partial charge in [-0.1, -0.05) is 54.6 Å². The third-order valence-electron chi connectivity index (χ3n) is 5.91. The van der Waals surface area contributed by atoms with Crippen LogP contribution in [-0.4, -0.2) is 57.6 Å². The largest absolute Gasteiger partial charge is 0.497 e. The predicted octanol–water partition coefficient (Wildman–Crippen LogP) is 3.38.